The van der Waals surface area contributed by atoms with Gasteiger partial charge in [0.15, 0.2) is 10.6 Å². The molecule has 0 bridgehead atoms. The number of anilines is 1. The zero-order chi connectivity index (χ0) is 22.1. The van der Waals surface area contributed by atoms with Gasteiger partial charge in [0.25, 0.3) is 0 Å². The lowest BCUT2D eigenvalue weighted by atomic mass is 10.1. The second-order valence-electron chi connectivity index (χ2n) is 7.24. The summed E-state index contributed by atoms with van der Waals surface area (Å²) in [5, 5.41) is 2.84. The molecule has 2 aromatic carbocycles. The van der Waals surface area contributed by atoms with Crippen molar-refractivity contribution in [1.29, 1.82) is 0 Å². The number of Topliss-reactive ketones (excluding diaryl/α,β-unsaturated/α-hetero) is 1. The zero-order valence-electron chi connectivity index (χ0n) is 17.6. The van der Waals surface area contributed by atoms with Gasteiger partial charge in [-0.1, -0.05) is 25.8 Å². The molecule has 0 aliphatic carbocycles. The number of unbranched alkanes of at least 4 members (excludes halogenated alkanes) is 2. The second-order valence-corrected chi connectivity index (χ2v) is 7.62. The fraction of sp³-hybridized carbons (Fsp3) is 0.292. The fourth-order valence-corrected chi connectivity index (χ4v) is 3.37. The van der Waals surface area contributed by atoms with Crippen LogP contribution in [0.3, 0.4) is 0 Å². The molecule has 0 aliphatic rings. The quantitative estimate of drug-likeness (QED) is 0.229. The van der Waals surface area contributed by atoms with Gasteiger partial charge in [-0.25, -0.2) is 0 Å². The summed E-state index contributed by atoms with van der Waals surface area (Å²) in [6, 6.07) is 14.5. The van der Waals surface area contributed by atoms with Crippen molar-refractivity contribution in [1.82, 2.24) is 9.55 Å². The number of rotatable bonds is 11. The standard InChI is InChI=1S/C24H27N3O3S/c1-2-3-4-16-30-21-10-8-18(9-11-21)22(28)12-13-23(29)26-19-6-5-7-20(17-19)27-15-14-25-24(27)31/h5-11,14-15,17H,2-4,12-13,16H2,1H3,(H,25,31)(H,26,29). The molecule has 0 aliphatic heterocycles. The van der Waals surface area contributed by atoms with Gasteiger partial charge in [0.05, 0.1) is 6.61 Å². The first-order valence-electron chi connectivity index (χ1n) is 10.5. The Hall–Kier alpha value is -3.19. The lowest BCUT2D eigenvalue weighted by Crippen LogP contribution is -2.13. The predicted molar refractivity (Wildman–Crippen MR) is 125 cm³/mol. The number of carbonyl (C=O) groups is 2. The number of ketones is 1. The molecule has 1 heterocycles. The number of hydrogen-bond acceptors (Lipinski definition) is 4. The van der Waals surface area contributed by atoms with Crippen LogP contribution in [0.2, 0.25) is 0 Å². The molecule has 31 heavy (non-hydrogen) atoms. The van der Waals surface area contributed by atoms with E-state index in [-0.39, 0.29) is 24.5 Å². The first-order chi connectivity index (χ1) is 15.1. The van der Waals surface area contributed by atoms with Crippen LogP contribution >= 0.6 is 12.2 Å². The third-order valence-corrected chi connectivity index (χ3v) is 5.14. The van der Waals surface area contributed by atoms with Gasteiger partial charge in [-0.15, -0.1) is 0 Å². The number of nitrogens with zero attached hydrogens (tertiary/aromatic N) is 1. The number of aromatic amines is 1. The number of imidazole rings is 1. The molecule has 2 N–H and O–H groups in total. The predicted octanol–water partition coefficient (Wildman–Crippen LogP) is 5.71. The van der Waals surface area contributed by atoms with E-state index >= 15 is 0 Å². The summed E-state index contributed by atoms with van der Waals surface area (Å²) in [5.41, 5.74) is 2.08. The van der Waals surface area contributed by atoms with Gasteiger partial charge in [-0.2, -0.15) is 0 Å². The fourth-order valence-electron chi connectivity index (χ4n) is 3.13. The Balaban J connectivity index is 1.49. The van der Waals surface area contributed by atoms with E-state index in [1.165, 1.54) is 0 Å². The van der Waals surface area contributed by atoms with Gasteiger partial charge >= 0.3 is 0 Å². The topological polar surface area (TPSA) is 76.1 Å². The maximum Gasteiger partial charge on any atom is 0.224 e. The Morgan fingerprint density at radius 3 is 2.61 bits per heavy atom. The van der Waals surface area contributed by atoms with Crippen molar-refractivity contribution < 1.29 is 14.3 Å². The maximum absolute atomic E-state index is 12.4. The van der Waals surface area contributed by atoms with E-state index in [0.29, 0.717) is 22.6 Å². The lowest BCUT2D eigenvalue weighted by molar-refractivity contribution is -0.116. The summed E-state index contributed by atoms with van der Waals surface area (Å²) in [4.78, 5) is 27.7. The highest BCUT2D eigenvalue weighted by Gasteiger charge is 2.10. The van der Waals surface area contributed by atoms with Gasteiger partial charge in [0.1, 0.15) is 5.75 Å². The minimum Gasteiger partial charge on any atom is -0.494 e. The lowest BCUT2D eigenvalue weighted by Gasteiger charge is -2.09. The number of amides is 1. The Morgan fingerprint density at radius 1 is 1.10 bits per heavy atom. The molecular formula is C24H27N3O3S. The number of benzene rings is 2. The summed E-state index contributed by atoms with van der Waals surface area (Å²) in [6.45, 7) is 2.83. The molecule has 0 unspecified atom stereocenters. The molecule has 6 nitrogen and oxygen atoms in total. The average molecular weight is 438 g/mol. The molecule has 0 saturated carbocycles. The first kappa shape index (κ1) is 22.5. The number of H-pyrrole nitrogens is 1. The minimum absolute atomic E-state index is 0.0694. The monoisotopic (exact) mass is 437 g/mol. The van der Waals surface area contributed by atoms with Gasteiger partial charge in [0.2, 0.25) is 5.91 Å². The zero-order valence-corrected chi connectivity index (χ0v) is 18.4. The largest absolute Gasteiger partial charge is 0.494 e. The van der Waals surface area contributed by atoms with Crippen LogP contribution in [-0.2, 0) is 4.79 Å². The summed E-state index contributed by atoms with van der Waals surface area (Å²) >= 11 is 5.23. The third-order valence-electron chi connectivity index (χ3n) is 4.83. The Bertz CT molecular complexity index is 1070. The molecule has 0 atom stereocenters. The maximum atomic E-state index is 12.4. The number of hydrogen-bond donors (Lipinski definition) is 2. The van der Waals surface area contributed by atoms with Crippen molar-refractivity contribution in [3.63, 3.8) is 0 Å². The third kappa shape index (κ3) is 6.65. The van der Waals surface area contributed by atoms with E-state index in [9.17, 15) is 9.59 Å². The summed E-state index contributed by atoms with van der Waals surface area (Å²) < 4.78 is 8.05. The number of ether oxygens (including phenoxy) is 1. The van der Waals surface area contributed by atoms with Gasteiger partial charge in [0, 0.05) is 42.2 Å². The van der Waals surface area contributed by atoms with Crippen LogP contribution < -0.4 is 10.1 Å². The van der Waals surface area contributed by atoms with Crippen molar-refractivity contribution in [2.75, 3.05) is 11.9 Å². The Morgan fingerprint density at radius 2 is 1.90 bits per heavy atom. The van der Waals surface area contributed by atoms with Crippen molar-refractivity contribution in [3.8, 4) is 11.4 Å². The smallest absolute Gasteiger partial charge is 0.224 e. The highest BCUT2D eigenvalue weighted by atomic mass is 32.1. The Kier molecular flexibility index (Phi) is 8.18. The summed E-state index contributed by atoms with van der Waals surface area (Å²) in [5.74, 6) is 0.479. The van der Waals surface area contributed by atoms with Crippen molar-refractivity contribution in [2.24, 2.45) is 0 Å². The molecule has 0 spiro atoms. The van der Waals surface area contributed by atoms with E-state index in [1.807, 2.05) is 29.0 Å². The molecule has 0 saturated heterocycles. The minimum atomic E-state index is -0.209. The highest BCUT2D eigenvalue weighted by Crippen LogP contribution is 2.17. The number of nitrogens with one attached hydrogen (secondary N) is 2. The van der Waals surface area contributed by atoms with Crippen LogP contribution in [0.25, 0.3) is 5.69 Å². The van der Waals surface area contributed by atoms with Crippen LogP contribution in [0.1, 0.15) is 49.4 Å². The number of carbonyl (C=O) groups excluding carboxylic acids is 2. The van der Waals surface area contributed by atoms with E-state index in [2.05, 4.69) is 17.2 Å². The van der Waals surface area contributed by atoms with Crippen molar-refractivity contribution in [3.05, 3.63) is 71.3 Å². The SMILES string of the molecule is CCCCCOc1ccc(C(=O)CCC(=O)Nc2cccc(-n3cc[nH]c3=S)c2)cc1. The van der Waals surface area contributed by atoms with Crippen LogP contribution in [0.5, 0.6) is 5.75 Å². The summed E-state index contributed by atoms with van der Waals surface area (Å²) in [6.07, 6.45) is 7.15. The molecule has 162 valence electrons. The molecule has 1 aromatic heterocycles. The second kappa shape index (κ2) is 11.3. The van der Waals surface area contributed by atoms with Crippen LogP contribution in [0, 0.1) is 4.77 Å². The van der Waals surface area contributed by atoms with Crippen LogP contribution in [-0.4, -0.2) is 27.8 Å². The van der Waals surface area contributed by atoms with E-state index in [4.69, 9.17) is 17.0 Å². The van der Waals surface area contributed by atoms with E-state index in [1.54, 1.807) is 36.5 Å². The van der Waals surface area contributed by atoms with Crippen LogP contribution in [0.15, 0.2) is 60.9 Å². The number of aromatic nitrogens is 2. The van der Waals surface area contributed by atoms with E-state index in [0.717, 1.165) is 30.7 Å². The van der Waals surface area contributed by atoms with E-state index < -0.39 is 0 Å². The van der Waals surface area contributed by atoms with Gasteiger partial charge < -0.3 is 15.0 Å². The van der Waals surface area contributed by atoms with Crippen molar-refractivity contribution >= 4 is 29.6 Å². The molecule has 1 amide bonds. The molecular weight excluding hydrogens is 410 g/mol. The molecule has 0 fully saturated rings. The molecule has 0 radical (unpaired) electrons. The highest BCUT2D eigenvalue weighted by molar-refractivity contribution is 7.71. The average Bonchev–Trinajstić information content (AvgIpc) is 3.21. The Labute approximate surface area is 187 Å². The van der Waals surface area contributed by atoms with Gasteiger partial charge in [-0.05, 0) is 61.1 Å². The molecule has 3 aromatic rings. The summed E-state index contributed by atoms with van der Waals surface area (Å²) in [7, 11) is 0. The first-order valence-corrected chi connectivity index (χ1v) is 10.9. The molecule has 3 rings (SSSR count). The van der Waals surface area contributed by atoms with Crippen LogP contribution in [0.4, 0.5) is 5.69 Å². The van der Waals surface area contributed by atoms with Crippen molar-refractivity contribution in [2.45, 2.75) is 39.0 Å². The molecule has 7 heteroatoms. The van der Waals surface area contributed by atoms with Gasteiger partial charge in [-0.3, -0.25) is 14.2 Å². The normalized spacial score (nSPS) is 10.6.